The van der Waals surface area contributed by atoms with Crippen molar-refractivity contribution in [2.75, 3.05) is 33.3 Å². The molecule has 1 heterocycles. The standard InChI is InChI=1S/C17H28N2O4S/c1-13-10-16(22-4)6-7-17(13)24(20,21)18-8-5-9-19-11-14(2)23-15(3)12-19/h6-7,10,14-15,18H,5,8-9,11-12H2,1-4H3/t14-,15+. The third-order valence-electron chi connectivity index (χ3n) is 4.11. The highest BCUT2D eigenvalue weighted by Gasteiger charge is 2.22. The van der Waals surface area contributed by atoms with Crippen LogP contribution in [0.4, 0.5) is 0 Å². The summed E-state index contributed by atoms with van der Waals surface area (Å²) in [5.74, 6) is 0.655. The number of ether oxygens (including phenoxy) is 2. The van der Waals surface area contributed by atoms with Crippen LogP contribution >= 0.6 is 0 Å². The lowest BCUT2D eigenvalue weighted by Crippen LogP contribution is -2.46. The first-order valence-electron chi connectivity index (χ1n) is 8.34. The minimum absolute atomic E-state index is 0.229. The molecule has 1 aromatic carbocycles. The topological polar surface area (TPSA) is 67.9 Å². The van der Waals surface area contributed by atoms with Gasteiger partial charge in [0.2, 0.25) is 10.0 Å². The Kier molecular flexibility index (Phi) is 6.62. The smallest absolute Gasteiger partial charge is 0.240 e. The van der Waals surface area contributed by atoms with Gasteiger partial charge >= 0.3 is 0 Å². The summed E-state index contributed by atoms with van der Waals surface area (Å²) in [5, 5.41) is 0. The predicted molar refractivity (Wildman–Crippen MR) is 94.0 cm³/mol. The van der Waals surface area contributed by atoms with Gasteiger partial charge in [-0.1, -0.05) is 0 Å². The maximum Gasteiger partial charge on any atom is 0.240 e. The number of hydrogen-bond donors (Lipinski definition) is 1. The molecule has 1 fully saturated rings. The van der Waals surface area contributed by atoms with Crippen LogP contribution in [0.2, 0.25) is 0 Å². The molecule has 0 radical (unpaired) electrons. The maximum atomic E-state index is 12.4. The van der Waals surface area contributed by atoms with Crippen molar-refractivity contribution in [2.24, 2.45) is 0 Å². The molecule has 0 unspecified atom stereocenters. The van der Waals surface area contributed by atoms with E-state index >= 15 is 0 Å². The van der Waals surface area contributed by atoms with E-state index in [1.165, 1.54) is 0 Å². The number of aryl methyl sites for hydroxylation is 1. The number of nitrogens with one attached hydrogen (secondary N) is 1. The van der Waals surface area contributed by atoms with Crippen LogP contribution in [0.5, 0.6) is 5.75 Å². The molecule has 1 saturated heterocycles. The second-order valence-electron chi connectivity index (χ2n) is 6.40. The molecule has 136 valence electrons. The van der Waals surface area contributed by atoms with Crippen molar-refractivity contribution < 1.29 is 17.9 Å². The van der Waals surface area contributed by atoms with Crippen LogP contribution in [0.25, 0.3) is 0 Å². The largest absolute Gasteiger partial charge is 0.497 e. The summed E-state index contributed by atoms with van der Waals surface area (Å²) >= 11 is 0. The molecular weight excluding hydrogens is 328 g/mol. The van der Waals surface area contributed by atoms with Crippen LogP contribution in [0.15, 0.2) is 23.1 Å². The molecule has 7 heteroatoms. The first-order chi connectivity index (χ1) is 11.3. The zero-order valence-corrected chi connectivity index (χ0v) is 15.7. The van der Waals surface area contributed by atoms with Crippen molar-refractivity contribution in [1.29, 1.82) is 0 Å². The quantitative estimate of drug-likeness (QED) is 0.755. The Morgan fingerprint density at radius 1 is 1.29 bits per heavy atom. The summed E-state index contributed by atoms with van der Waals surface area (Å²) < 4.78 is 38.4. The molecule has 6 nitrogen and oxygen atoms in total. The van der Waals surface area contributed by atoms with Crippen LogP contribution in [0.1, 0.15) is 25.8 Å². The van der Waals surface area contributed by atoms with E-state index in [9.17, 15) is 8.42 Å². The Labute approximate surface area is 145 Å². The average molecular weight is 356 g/mol. The van der Waals surface area contributed by atoms with Crippen molar-refractivity contribution in [3.8, 4) is 5.75 Å². The van der Waals surface area contributed by atoms with E-state index < -0.39 is 10.0 Å². The van der Waals surface area contributed by atoms with Crippen LogP contribution < -0.4 is 9.46 Å². The van der Waals surface area contributed by atoms with Crippen molar-refractivity contribution in [1.82, 2.24) is 9.62 Å². The SMILES string of the molecule is COc1ccc(S(=O)(=O)NCCCN2C[C@@H](C)O[C@@H](C)C2)c(C)c1. The molecule has 0 saturated carbocycles. The highest BCUT2D eigenvalue weighted by Crippen LogP contribution is 2.20. The fourth-order valence-electron chi connectivity index (χ4n) is 3.10. The Morgan fingerprint density at radius 3 is 2.54 bits per heavy atom. The van der Waals surface area contributed by atoms with Crippen molar-refractivity contribution in [3.05, 3.63) is 23.8 Å². The van der Waals surface area contributed by atoms with Crippen molar-refractivity contribution in [2.45, 2.75) is 44.3 Å². The van der Waals surface area contributed by atoms with Gasteiger partial charge in [0, 0.05) is 19.6 Å². The summed E-state index contributed by atoms with van der Waals surface area (Å²) in [4.78, 5) is 2.63. The fourth-order valence-corrected chi connectivity index (χ4v) is 4.40. The number of sulfonamides is 1. The highest BCUT2D eigenvalue weighted by atomic mass is 32.2. The van der Waals surface area contributed by atoms with Gasteiger partial charge in [0.1, 0.15) is 5.75 Å². The summed E-state index contributed by atoms with van der Waals surface area (Å²) in [5.41, 5.74) is 0.678. The lowest BCUT2D eigenvalue weighted by molar-refractivity contribution is -0.0679. The molecule has 0 aliphatic carbocycles. The number of morpholine rings is 1. The Hall–Kier alpha value is -1.15. The third kappa shape index (κ3) is 5.17. The van der Waals surface area contributed by atoms with Crippen molar-refractivity contribution in [3.63, 3.8) is 0 Å². The van der Waals surface area contributed by atoms with E-state index in [0.717, 1.165) is 26.1 Å². The van der Waals surface area contributed by atoms with E-state index in [-0.39, 0.29) is 12.2 Å². The molecule has 1 aromatic rings. The Morgan fingerprint density at radius 2 is 1.96 bits per heavy atom. The summed E-state index contributed by atoms with van der Waals surface area (Å²) in [6.45, 7) is 8.99. The van der Waals surface area contributed by atoms with Gasteiger partial charge in [-0.25, -0.2) is 13.1 Å². The highest BCUT2D eigenvalue weighted by molar-refractivity contribution is 7.89. The molecule has 2 atom stereocenters. The van der Waals surface area contributed by atoms with Gasteiger partial charge in [-0.05, 0) is 57.5 Å². The molecule has 0 spiro atoms. The van der Waals surface area contributed by atoms with Gasteiger partial charge in [-0.15, -0.1) is 0 Å². The third-order valence-corrected chi connectivity index (χ3v) is 5.73. The predicted octanol–water partition coefficient (Wildman–Crippen LogP) is 1.78. The molecule has 1 aliphatic rings. The number of nitrogens with zero attached hydrogens (tertiary/aromatic N) is 1. The molecule has 2 rings (SSSR count). The summed E-state index contributed by atoms with van der Waals surface area (Å²) in [7, 11) is -1.93. The molecule has 1 aliphatic heterocycles. The van der Waals surface area contributed by atoms with Gasteiger partial charge in [-0.2, -0.15) is 0 Å². The lowest BCUT2D eigenvalue weighted by Gasteiger charge is -2.35. The van der Waals surface area contributed by atoms with E-state index in [1.54, 1.807) is 32.2 Å². The first kappa shape index (κ1) is 19.2. The van der Waals surface area contributed by atoms with E-state index in [4.69, 9.17) is 9.47 Å². The summed E-state index contributed by atoms with van der Waals surface area (Å²) in [6.07, 6.45) is 1.23. The normalized spacial score (nSPS) is 22.5. The zero-order valence-electron chi connectivity index (χ0n) is 14.9. The maximum absolute atomic E-state index is 12.4. The minimum Gasteiger partial charge on any atom is -0.497 e. The Balaban J connectivity index is 1.85. The number of hydrogen-bond acceptors (Lipinski definition) is 5. The van der Waals surface area contributed by atoms with Gasteiger partial charge in [0.05, 0.1) is 24.2 Å². The minimum atomic E-state index is -3.49. The zero-order chi connectivity index (χ0) is 17.7. The second kappa shape index (κ2) is 8.29. The van der Waals surface area contributed by atoms with Crippen LogP contribution in [-0.2, 0) is 14.8 Å². The first-order valence-corrected chi connectivity index (χ1v) is 9.82. The molecular formula is C17H28N2O4S. The van der Waals surface area contributed by atoms with Gasteiger partial charge < -0.3 is 9.47 Å². The Bertz CT molecular complexity index is 638. The fraction of sp³-hybridized carbons (Fsp3) is 0.647. The monoisotopic (exact) mass is 356 g/mol. The molecule has 0 amide bonds. The van der Waals surface area contributed by atoms with Crippen LogP contribution in [0.3, 0.4) is 0 Å². The van der Waals surface area contributed by atoms with Gasteiger partial charge in [0.25, 0.3) is 0 Å². The number of rotatable bonds is 7. The van der Waals surface area contributed by atoms with E-state index in [2.05, 4.69) is 23.5 Å². The van der Waals surface area contributed by atoms with E-state index in [0.29, 0.717) is 22.8 Å². The lowest BCUT2D eigenvalue weighted by atomic mass is 10.2. The second-order valence-corrected chi connectivity index (χ2v) is 8.14. The molecule has 24 heavy (non-hydrogen) atoms. The summed E-state index contributed by atoms with van der Waals surface area (Å²) in [6, 6.07) is 4.98. The van der Waals surface area contributed by atoms with Crippen LogP contribution in [0, 0.1) is 6.92 Å². The van der Waals surface area contributed by atoms with E-state index in [1.807, 2.05) is 0 Å². The average Bonchev–Trinajstić information content (AvgIpc) is 2.50. The number of benzene rings is 1. The molecule has 0 bridgehead atoms. The molecule has 1 N–H and O–H groups in total. The molecule has 0 aromatic heterocycles. The van der Waals surface area contributed by atoms with Crippen LogP contribution in [-0.4, -0.2) is 58.8 Å². The van der Waals surface area contributed by atoms with Crippen molar-refractivity contribution >= 4 is 10.0 Å². The van der Waals surface area contributed by atoms with Gasteiger partial charge in [0.15, 0.2) is 0 Å². The number of methoxy groups -OCH3 is 1. The van der Waals surface area contributed by atoms with Gasteiger partial charge in [-0.3, -0.25) is 4.90 Å².